The molecular weight excluding hydrogens is 337 g/mol. The van der Waals surface area contributed by atoms with Gasteiger partial charge >= 0.3 is 0 Å². The maximum Gasteiger partial charge on any atom is 0.244 e. The van der Waals surface area contributed by atoms with E-state index in [4.69, 9.17) is 0 Å². The quantitative estimate of drug-likeness (QED) is 0.819. The number of likely N-dealkylation sites (N-methyl/N-ethyl adjacent to an activating group) is 1. The lowest BCUT2D eigenvalue weighted by atomic mass is 9.99. The van der Waals surface area contributed by atoms with Gasteiger partial charge in [-0.05, 0) is 44.6 Å². The van der Waals surface area contributed by atoms with Crippen LogP contribution >= 0.6 is 11.8 Å². The molecule has 1 amide bonds. The van der Waals surface area contributed by atoms with Crippen molar-refractivity contribution in [3.63, 3.8) is 0 Å². The van der Waals surface area contributed by atoms with Gasteiger partial charge in [-0.3, -0.25) is 14.6 Å². The fourth-order valence-electron chi connectivity index (χ4n) is 3.91. The van der Waals surface area contributed by atoms with E-state index in [1.165, 1.54) is 36.7 Å². The lowest BCUT2D eigenvalue weighted by Gasteiger charge is -2.41. The second-order valence-corrected chi connectivity index (χ2v) is 8.35. The lowest BCUT2D eigenvalue weighted by Crippen LogP contribution is -2.50. The molecular formula is C19H28FN3OS. The van der Waals surface area contributed by atoms with Gasteiger partial charge in [-0.2, -0.15) is 11.8 Å². The standard InChI is InChI=1S/C19H28FN3OS/c1-21(2)18(15-4-3-5-16(20)14-15)19(24)23-8-6-17(7-9-23)22-10-12-25-13-11-22/h3-5,14,17-18H,6-13H2,1-2H3/t18-/m0/s1. The topological polar surface area (TPSA) is 26.8 Å². The molecule has 1 aromatic rings. The van der Waals surface area contributed by atoms with Crippen LogP contribution in [0.25, 0.3) is 0 Å². The molecule has 2 fully saturated rings. The third-order valence-corrected chi connectivity index (χ3v) is 6.20. The van der Waals surface area contributed by atoms with Crippen LogP contribution < -0.4 is 0 Å². The maximum absolute atomic E-state index is 13.6. The maximum atomic E-state index is 13.6. The predicted molar refractivity (Wildman–Crippen MR) is 101 cm³/mol. The highest BCUT2D eigenvalue weighted by atomic mass is 32.2. The molecule has 138 valence electrons. The van der Waals surface area contributed by atoms with Crippen LogP contribution in [0.3, 0.4) is 0 Å². The van der Waals surface area contributed by atoms with E-state index in [9.17, 15) is 9.18 Å². The average Bonchev–Trinajstić information content (AvgIpc) is 2.62. The Bertz CT molecular complexity index is 584. The number of carbonyl (C=O) groups is 1. The normalized spacial score (nSPS) is 21.5. The number of thioether (sulfide) groups is 1. The zero-order valence-corrected chi connectivity index (χ0v) is 16.0. The molecule has 25 heavy (non-hydrogen) atoms. The molecule has 0 unspecified atom stereocenters. The minimum Gasteiger partial charge on any atom is -0.341 e. The summed E-state index contributed by atoms with van der Waals surface area (Å²) in [5, 5.41) is 0. The molecule has 2 heterocycles. The molecule has 1 aromatic carbocycles. The van der Waals surface area contributed by atoms with Crippen molar-refractivity contribution in [1.82, 2.24) is 14.7 Å². The Balaban J connectivity index is 1.63. The Labute approximate surface area is 154 Å². The van der Waals surface area contributed by atoms with Crippen molar-refractivity contribution in [2.75, 3.05) is 51.8 Å². The van der Waals surface area contributed by atoms with Crippen molar-refractivity contribution in [2.45, 2.75) is 24.9 Å². The lowest BCUT2D eigenvalue weighted by molar-refractivity contribution is -0.138. The van der Waals surface area contributed by atoms with Gasteiger partial charge in [0.1, 0.15) is 11.9 Å². The van der Waals surface area contributed by atoms with Gasteiger partial charge in [-0.1, -0.05) is 12.1 Å². The molecule has 0 radical (unpaired) electrons. The minimum atomic E-state index is -0.418. The smallest absolute Gasteiger partial charge is 0.244 e. The van der Waals surface area contributed by atoms with Crippen LogP contribution in [0.2, 0.25) is 0 Å². The summed E-state index contributed by atoms with van der Waals surface area (Å²) in [5.74, 6) is 2.24. The van der Waals surface area contributed by atoms with Crippen LogP contribution in [0.15, 0.2) is 24.3 Å². The first kappa shape index (κ1) is 18.7. The summed E-state index contributed by atoms with van der Waals surface area (Å²) in [7, 11) is 3.76. The van der Waals surface area contributed by atoms with Gasteiger partial charge in [0.2, 0.25) is 5.91 Å². The zero-order chi connectivity index (χ0) is 17.8. The average molecular weight is 366 g/mol. The molecule has 3 rings (SSSR count). The van der Waals surface area contributed by atoms with Gasteiger partial charge in [0, 0.05) is 43.7 Å². The van der Waals surface area contributed by atoms with E-state index in [1.807, 2.05) is 41.7 Å². The van der Waals surface area contributed by atoms with Crippen LogP contribution in [0.1, 0.15) is 24.4 Å². The molecule has 0 saturated carbocycles. The summed E-state index contributed by atoms with van der Waals surface area (Å²) in [6.07, 6.45) is 2.08. The Morgan fingerprint density at radius 3 is 2.48 bits per heavy atom. The molecule has 0 bridgehead atoms. The molecule has 0 N–H and O–H groups in total. The first-order valence-corrected chi connectivity index (χ1v) is 10.2. The molecule has 0 aromatic heterocycles. The number of amides is 1. The Kier molecular flexibility index (Phi) is 6.36. The van der Waals surface area contributed by atoms with E-state index in [-0.39, 0.29) is 11.7 Å². The number of nitrogens with zero attached hydrogens (tertiary/aromatic N) is 3. The van der Waals surface area contributed by atoms with Gasteiger partial charge in [-0.15, -0.1) is 0 Å². The van der Waals surface area contributed by atoms with Gasteiger partial charge in [-0.25, -0.2) is 4.39 Å². The van der Waals surface area contributed by atoms with E-state index < -0.39 is 6.04 Å². The van der Waals surface area contributed by atoms with Crippen LogP contribution in [-0.4, -0.2) is 78.4 Å². The molecule has 4 nitrogen and oxygen atoms in total. The number of halogens is 1. The van der Waals surface area contributed by atoms with Crippen molar-refractivity contribution < 1.29 is 9.18 Å². The van der Waals surface area contributed by atoms with Crippen LogP contribution in [0, 0.1) is 5.82 Å². The van der Waals surface area contributed by atoms with Crippen molar-refractivity contribution in [2.24, 2.45) is 0 Å². The summed E-state index contributed by atoms with van der Waals surface area (Å²) >= 11 is 2.03. The van der Waals surface area contributed by atoms with Gasteiger partial charge in [0.15, 0.2) is 0 Å². The fraction of sp³-hybridized carbons (Fsp3) is 0.632. The zero-order valence-electron chi connectivity index (χ0n) is 15.2. The first-order chi connectivity index (χ1) is 12.1. The van der Waals surface area contributed by atoms with Crippen molar-refractivity contribution in [3.05, 3.63) is 35.6 Å². The molecule has 2 aliphatic rings. The number of hydrogen-bond acceptors (Lipinski definition) is 4. The highest BCUT2D eigenvalue weighted by Gasteiger charge is 2.32. The Morgan fingerprint density at radius 1 is 1.20 bits per heavy atom. The number of piperidine rings is 1. The van der Waals surface area contributed by atoms with E-state index in [1.54, 1.807) is 6.07 Å². The van der Waals surface area contributed by atoms with E-state index in [2.05, 4.69) is 4.90 Å². The van der Waals surface area contributed by atoms with Crippen LogP contribution in [0.4, 0.5) is 4.39 Å². The SMILES string of the molecule is CN(C)[C@H](C(=O)N1CCC(N2CCSCC2)CC1)c1cccc(F)c1. The third kappa shape index (κ3) is 4.54. The predicted octanol–water partition coefficient (Wildman–Crippen LogP) is 2.47. The summed E-state index contributed by atoms with van der Waals surface area (Å²) in [6, 6.07) is 6.60. The third-order valence-electron chi connectivity index (χ3n) is 5.25. The largest absolute Gasteiger partial charge is 0.341 e. The van der Waals surface area contributed by atoms with E-state index >= 15 is 0 Å². The molecule has 0 spiro atoms. The Hall–Kier alpha value is -1.11. The highest BCUT2D eigenvalue weighted by molar-refractivity contribution is 7.99. The van der Waals surface area contributed by atoms with Crippen molar-refractivity contribution in [3.8, 4) is 0 Å². The van der Waals surface area contributed by atoms with Gasteiger partial charge in [0.25, 0.3) is 0 Å². The first-order valence-electron chi connectivity index (χ1n) is 9.09. The Morgan fingerprint density at radius 2 is 1.88 bits per heavy atom. The van der Waals surface area contributed by atoms with E-state index in [0.29, 0.717) is 6.04 Å². The molecule has 0 aliphatic carbocycles. The van der Waals surface area contributed by atoms with Crippen LogP contribution in [0.5, 0.6) is 0 Å². The molecule has 1 atom stereocenters. The number of hydrogen-bond donors (Lipinski definition) is 0. The number of rotatable bonds is 4. The number of benzene rings is 1. The van der Waals surface area contributed by atoms with Crippen molar-refractivity contribution >= 4 is 17.7 Å². The second kappa shape index (κ2) is 8.52. The monoisotopic (exact) mass is 365 g/mol. The van der Waals surface area contributed by atoms with Crippen LogP contribution in [-0.2, 0) is 4.79 Å². The summed E-state index contributed by atoms with van der Waals surface area (Å²) in [5.41, 5.74) is 0.727. The second-order valence-electron chi connectivity index (χ2n) is 7.13. The summed E-state index contributed by atoms with van der Waals surface area (Å²) in [6.45, 7) is 3.94. The fourth-order valence-corrected chi connectivity index (χ4v) is 4.84. The van der Waals surface area contributed by atoms with Gasteiger partial charge < -0.3 is 4.90 Å². The highest BCUT2D eigenvalue weighted by Crippen LogP contribution is 2.26. The number of likely N-dealkylation sites (tertiary alicyclic amines) is 1. The number of carbonyl (C=O) groups excluding carboxylic acids is 1. The summed E-state index contributed by atoms with van der Waals surface area (Å²) in [4.78, 5) is 19.5. The molecule has 2 aliphatic heterocycles. The minimum absolute atomic E-state index is 0.0863. The summed E-state index contributed by atoms with van der Waals surface area (Å²) < 4.78 is 13.6. The molecule has 2 saturated heterocycles. The van der Waals surface area contributed by atoms with E-state index in [0.717, 1.165) is 31.5 Å². The van der Waals surface area contributed by atoms with Gasteiger partial charge in [0.05, 0.1) is 0 Å². The van der Waals surface area contributed by atoms with Crippen molar-refractivity contribution in [1.29, 1.82) is 0 Å². The molecule has 6 heteroatoms.